The van der Waals surface area contributed by atoms with Crippen molar-refractivity contribution in [2.45, 2.75) is 13.0 Å². The van der Waals surface area contributed by atoms with Crippen molar-refractivity contribution in [3.8, 4) is 6.07 Å². The fraction of sp³-hybridized carbons (Fsp3) is 0.333. The van der Waals surface area contributed by atoms with Crippen LogP contribution < -0.4 is 11.1 Å². The first kappa shape index (κ1) is 9.49. The third-order valence-corrected chi connectivity index (χ3v) is 1.50. The van der Waals surface area contributed by atoms with Crippen molar-refractivity contribution < 1.29 is 0 Å². The number of hydrogen-bond acceptors (Lipinski definition) is 4. The summed E-state index contributed by atoms with van der Waals surface area (Å²) in [5.74, 6) is 0.747. The zero-order chi connectivity index (χ0) is 9.68. The molecule has 0 saturated heterocycles. The molecule has 68 valence electrons. The summed E-state index contributed by atoms with van der Waals surface area (Å²) >= 11 is 0. The van der Waals surface area contributed by atoms with Crippen molar-refractivity contribution in [2.75, 3.05) is 11.9 Å². The molecule has 0 aromatic carbocycles. The quantitative estimate of drug-likeness (QED) is 0.711. The second kappa shape index (κ2) is 4.43. The van der Waals surface area contributed by atoms with Gasteiger partial charge in [0.15, 0.2) is 0 Å². The number of aromatic nitrogens is 1. The summed E-state index contributed by atoms with van der Waals surface area (Å²) in [5, 5.41) is 11.6. The summed E-state index contributed by atoms with van der Waals surface area (Å²) in [6.07, 6.45) is 1.53. The zero-order valence-electron chi connectivity index (χ0n) is 7.49. The molecule has 1 rings (SSSR count). The molecule has 0 saturated carbocycles. The van der Waals surface area contributed by atoms with Gasteiger partial charge < -0.3 is 11.1 Å². The van der Waals surface area contributed by atoms with Gasteiger partial charge in [-0.2, -0.15) is 5.26 Å². The van der Waals surface area contributed by atoms with Crippen molar-refractivity contribution in [1.29, 1.82) is 5.26 Å². The Bertz CT molecular complexity index is 296. The van der Waals surface area contributed by atoms with E-state index in [4.69, 9.17) is 11.0 Å². The third-order valence-electron chi connectivity index (χ3n) is 1.50. The van der Waals surface area contributed by atoms with Crippen LogP contribution in [0.15, 0.2) is 18.3 Å². The maximum atomic E-state index is 8.52. The number of nitriles is 1. The molecule has 1 heterocycles. The van der Waals surface area contributed by atoms with E-state index in [9.17, 15) is 0 Å². The zero-order valence-corrected chi connectivity index (χ0v) is 7.49. The molecule has 0 spiro atoms. The molecule has 4 heteroatoms. The van der Waals surface area contributed by atoms with Crippen LogP contribution in [0.4, 0.5) is 5.82 Å². The van der Waals surface area contributed by atoms with E-state index in [0.29, 0.717) is 12.1 Å². The first-order valence-electron chi connectivity index (χ1n) is 4.08. The van der Waals surface area contributed by atoms with Crippen LogP contribution in [-0.4, -0.2) is 17.6 Å². The molecule has 1 atom stereocenters. The van der Waals surface area contributed by atoms with Crippen LogP contribution in [0, 0.1) is 11.3 Å². The minimum atomic E-state index is 0.0949. The monoisotopic (exact) mass is 176 g/mol. The summed E-state index contributed by atoms with van der Waals surface area (Å²) in [6, 6.07) is 5.58. The van der Waals surface area contributed by atoms with Gasteiger partial charge in [0.2, 0.25) is 0 Å². The molecule has 13 heavy (non-hydrogen) atoms. The molecule has 0 aliphatic rings. The highest BCUT2D eigenvalue weighted by atomic mass is 15.0. The highest BCUT2D eigenvalue weighted by molar-refractivity contribution is 5.38. The normalized spacial score (nSPS) is 11.8. The van der Waals surface area contributed by atoms with E-state index in [1.54, 1.807) is 12.1 Å². The fourth-order valence-electron chi connectivity index (χ4n) is 0.830. The minimum absolute atomic E-state index is 0.0949. The molecule has 3 N–H and O–H groups in total. The van der Waals surface area contributed by atoms with Gasteiger partial charge in [-0.25, -0.2) is 4.98 Å². The lowest BCUT2D eigenvalue weighted by Gasteiger charge is -2.07. The Kier molecular flexibility index (Phi) is 3.23. The molecule has 0 aliphatic carbocycles. The predicted molar refractivity (Wildman–Crippen MR) is 51.1 cm³/mol. The lowest BCUT2D eigenvalue weighted by Crippen LogP contribution is -2.25. The van der Waals surface area contributed by atoms with Crippen LogP contribution in [0.25, 0.3) is 0 Å². The van der Waals surface area contributed by atoms with Crippen LogP contribution in [-0.2, 0) is 0 Å². The largest absolute Gasteiger partial charge is 0.369 e. The van der Waals surface area contributed by atoms with E-state index in [0.717, 1.165) is 5.82 Å². The highest BCUT2D eigenvalue weighted by Crippen LogP contribution is 2.03. The molecule has 1 unspecified atom stereocenters. The van der Waals surface area contributed by atoms with Crippen molar-refractivity contribution in [3.05, 3.63) is 23.9 Å². The number of hydrogen-bond donors (Lipinski definition) is 2. The Balaban J connectivity index is 2.55. The number of rotatable bonds is 3. The highest BCUT2D eigenvalue weighted by Gasteiger charge is 1.96. The van der Waals surface area contributed by atoms with Crippen molar-refractivity contribution in [3.63, 3.8) is 0 Å². The van der Waals surface area contributed by atoms with Gasteiger partial charge in [0.1, 0.15) is 11.9 Å². The number of pyridine rings is 1. The smallest absolute Gasteiger partial charge is 0.126 e. The average Bonchev–Trinajstić information content (AvgIpc) is 2.15. The second-order valence-electron chi connectivity index (χ2n) is 2.90. The van der Waals surface area contributed by atoms with Gasteiger partial charge in [0.25, 0.3) is 0 Å². The lowest BCUT2D eigenvalue weighted by molar-refractivity contribution is 0.777. The van der Waals surface area contributed by atoms with E-state index in [-0.39, 0.29) is 6.04 Å². The molecule has 4 nitrogen and oxygen atoms in total. The van der Waals surface area contributed by atoms with Crippen molar-refractivity contribution in [1.82, 2.24) is 4.98 Å². The molecule has 1 aromatic rings. The maximum absolute atomic E-state index is 8.52. The molecule has 1 aromatic heterocycles. The van der Waals surface area contributed by atoms with E-state index in [1.165, 1.54) is 6.20 Å². The molecule has 0 radical (unpaired) electrons. The lowest BCUT2D eigenvalue weighted by atomic mass is 10.3. The Hall–Kier alpha value is -1.60. The molecule has 0 aliphatic heterocycles. The van der Waals surface area contributed by atoms with Gasteiger partial charge >= 0.3 is 0 Å². The van der Waals surface area contributed by atoms with Gasteiger partial charge in [0.05, 0.1) is 5.56 Å². The molecular formula is C9H12N4. The first-order chi connectivity index (χ1) is 6.22. The fourth-order valence-corrected chi connectivity index (χ4v) is 0.830. The van der Waals surface area contributed by atoms with Gasteiger partial charge in [0, 0.05) is 18.8 Å². The summed E-state index contributed by atoms with van der Waals surface area (Å²) in [4.78, 5) is 4.03. The van der Waals surface area contributed by atoms with Crippen molar-refractivity contribution >= 4 is 5.82 Å². The van der Waals surface area contributed by atoms with E-state index >= 15 is 0 Å². The van der Waals surface area contributed by atoms with Gasteiger partial charge in [-0.05, 0) is 19.1 Å². The number of nitrogens with zero attached hydrogens (tertiary/aromatic N) is 2. The summed E-state index contributed by atoms with van der Waals surface area (Å²) < 4.78 is 0. The Morgan fingerprint density at radius 3 is 2.92 bits per heavy atom. The molecule has 0 bridgehead atoms. The van der Waals surface area contributed by atoms with E-state index < -0.39 is 0 Å². The SMILES string of the molecule is CC(N)CNc1ccc(C#N)cn1. The van der Waals surface area contributed by atoms with Crippen LogP contribution in [0.3, 0.4) is 0 Å². The summed E-state index contributed by atoms with van der Waals surface area (Å²) in [6.45, 7) is 2.59. The predicted octanol–water partition coefficient (Wildman–Crippen LogP) is 0.712. The second-order valence-corrected chi connectivity index (χ2v) is 2.90. The first-order valence-corrected chi connectivity index (χ1v) is 4.08. The topological polar surface area (TPSA) is 74.7 Å². The average molecular weight is 176 g/mol. The molecule has 0 fully saturated rings. The van der Waals surface area contributed by atoms with Crippen molar-refractivity contribution in [2.24, 2.45) is 5.73 Å². The third kappa shape index (κ3) is 3.09. The summed E-state index contributed by atoms with van der Waals surface area (Å²) in [5.41, 5.74) is 6.12. The van der Waals surface area contributed by atoms with E-state index in [2.05, 4.69) is 10.3 Å². The van der Waals surface area contributed by atoms with Gasteiger partial charge in [-0.15, -0.1) is 0 Å². The van der Waals surface area contributed by atoms with Gasteiger partial charge in [-0.3, -0.25) is 0 Å². The standard InChI is InChI=1S/C9H12N4/c1-7(11)5-12-9-3-2-8(4-10)6-13-9/h2-3,6-7H,5,11H2,1H3,(H,12,13). The molecular weight excluding hydrogens is 164 g/mol. The number of anilines is 1. The maximum Gasteiger partial charge on any atom is 0.126 e. The minimum Gasteiger partial charge on any atom is -0.369 e. The Morgan fingerprint density at radius 1 is 1.69 bits per heavy atom. The number of nitrogens with one attached hydrogen (secondary N) is 1. The van der Waals surface area contributed by atoms with Gasteiger partial charge in [-0.1, -0.05) is 0 Å². The number of nitrogens with two attached hydrogens (primary N) is 1. The van der Waals surface area contributed by atoms with Crippen LogP contribution in [0.2, 0.25) is 0 Å². The van der Waals surface area contributed by atoms with E-state index in [1.807, 2.05) is 13.0 Å². The molecule has 0 amide bonds. The Morgan fingerprint density at radius 2 is 2.46 bits per heavy atom. The van der Waals surface area contributed by atoms with Crippen LogP contribution in [0.5, 0.6) is 0 Å². The Labute approximate surface area is 77.4 Å². The van der Waals surface area contributed by atoms with Crippen LogP contribution >= 0.6 is 0 Å². The van der Waals surface area contributed by atoms with Crippen LogP contribution in [0.1, 0.15) is 12.5 Å². The summed E-state index contributed by atoms with van der Waals surface area (Å²) in [7, 11) is 0.